The van der Waals surface area contributed by atoms with Crippen LogP contribution in [0.2, 0.25) is 0 Å². The van der Waals surface area contributed by atoms with E-state index in [0.717, 1.165) is 0 Å². The van der Waals surface area contributed by atoms with Crippen LogP contribution in [0.3, 0.4) is 0 Å². The van der Waals surface area contributed by atoms with Gasteiger partial charge in [0, 0.05) is 0 Å². The van der Waals surface area contributed by atoms with Crippen molar-refractivity contribution in [3.05, 3.63) is 23.8 Å². The molecule has 3 N–H and O–H groups in total. The van der Waals surface area contributed by atoms with Crippen molar-refractivity contribution in [2.45, 2.75) is 26.9 Å². The van der Waals surface area contributed by atoms with Crippen molar-refractivity contribution in [2.24, 2.45) is 10.8 Å². The maximum atomic E-state index is 11.6. The van der Waals surface area contributed by atoms with Gasteiger partial charge in [0.2, 0.25) is 0 Å². The zero-order chi connectivity index (χ0) is 17.2. The second-order valence-electron chi connectivity index (χ2n) is 4.39. The number of hydrazone groups is 1. The molecule has 8 nitrogen and oxygen atoms in total. The lowest BCUT2D eigenvalue weighted by molar-refractivity contribution is -0.150. The normalized spacial score (nSPS) is 11.8. The van der Waals surface area contributed by atoms with Gasteiger partial charge in [-0.2, -0.15) is 5.10 Å². The third kappa shape index (κ3) is 6.25. The van der Waals surface area contributed by atoms with E-state index in [-0.39, 0.29) is 6.61 Å². The van der Waals surface area contributed by atoms with Crippen molar-refractivity contribution in [1.82, 2.24) is 5.43 Å². The van der Waals surface area contributed by atoms with Gasteiger partial charge >= 0.3 is 12.0 Å². The zero-order valence-electron chi connectivity index (χ0n) is 13.4. The van der Waals surface area contributed by atoms with E-state index in [1.807, 2.05) is 6.92 Å². The summed E-state index contributed by atoms with van der Waals surface area (Å²) in [6.07, 6.45) is 0.649. The average Bonchev–Trinajstić information content (AvgIpc) is 2.49. The van der Waals surface area contributed by atoms with Crippen molar-refractivity contribution in [2.75, 3.05) is 13.2 Å². The second-order valence-corrected chi connectivity index (χ2v) is 4.39. The lowest BCUT2D eigenvalue weighted by Gasteiger charge is -2.16. The van der Waals surface area contributed by atoms with Crippen LogP contribution in [0.5, 0.6) is 11.5 Å². The van der Waals surface area contributed by atoms with Crippen LogP contribution in [0.15, 0.2) is 23.3 Å². The van der Waals surface area contributed by atoms with Gasteiger partial charge in [-0.05, 0) is 44.5 Å². The molecule has 0 fully saturated rings. The molecule has 0 aromatic heterocycles. The fourth-order valence-electron chi connectivity index (χ4n) is 1.64. The van der Waals surface area contributed by atoms with Crippen molar-refractivity contribution in [3.8, 4) is 11.5 Å². The molecule has 0 heterocycles. The van der Waals surface area contributed by atoms with Crippen molar-refractivity contribution >= 4 is 18.2 Å². The summed E-state index contributed by atoms with van der Waals surface area (Å²) in [6, 6.07) is 4.26. The van der Waals surface area contributed by atoms with Gasteiger partial charge in [-0.15, -0.1) is 0 Å². The maximum absolute atomic E-state index is 11.6. The highest BCUT2D eigenvalue weighted by atomic mass is 16.6. The Hall–Kier alpha value is -2.77. The van der Waals surface area contributed by atoms with E-state index >= 15 is 0 Å². The molecule has 1 rings (SSSR count). The Morgan fingerprint density at radius 2 is 2.04 bits per heavy atom. The monoisotopic (exact) mass is 323 g/mol. The number of hydrogen-bond donors (Lipinski definition) is 2. The van der Waals surface area contributed by atoms with Gasteiger partial charge in [-0.3, -0.25) is 0 Å². The first-order valence-electron chi connectivity index (χ1n) is 7.16. The lowest BCUT2D eigenvalue weighted by Crippen LogP contribution is -2.26. The molecule has 0 bridgehead atoms. The minimum absolute atomic E-state index is 0.285. The Morgan fingerprint density at radius 1 is 1.30 bits per heavy atom. The van der Waals surface area contributed by atoms with Crippen LogP contribution in [0.25, 0.3) is 0 Å². The second kappa shape index (κ2) is 9.29. The van der Waals surface area contributed by atoms with E-state index in [9.17, 15) is 9.59 Å². The molecule has 8 heteroatoms. The van der Waals surface area contributed by atoms with E-state index < -0.39 is 18.1 Å². The fourth-order valence-corrected chi connectivity index (χ4v) is 1.64. The van der Waals surface area contributed by atoms with Crippen LogP contribution in [0.4, 0.5) is 4.79 Å². The average molecular weight is 323 g/mol. The molecular formula is C15H21N3O5. The number of hydrogen-bond acceptors (Lipinski definition) is 6. The first kappa shape index (κ1) is 18.3. The molecular weight excluding hydrogens is 302 g/mol. The van der Waals surface area contributed by atoms with E-state index in [1.54, 1.807) is 32.0 Å². The Bertz CT molecular complexity index is 574. The smallest absolute Gasteiger partial charge is 0.347 e. The van der Waals surface area contributed by atoms with Crippen molar-refractivity contribution in [3.63, 3.8) is 0 Å². The summed E-state index contributed by atoms with van der Waals surface area (Å²) < 4.78 is 16.0. The third-order valence-corrected chi connectivity index (χ3v) is 2.58. The molecule has 1 aromatic rings. The molecule has 23 heavy (non-hydrogen) atoms. The Balaban J connectivity index is 2.88. The van der Waals surface area contributed by atoms with Crippen LogP contribution in [-0.2, 0) is 9.53 Å². The van der Waals surface area contributed by atoms with Crippen LogP contribution in [-0.4, -0.2) is 37.5 Å². The quantitative estimate of drug-likeness (QED) is 0.427. The SMILES string of the molecule is CCOC(=O)C(C)Oc1ccc(C=NNC(N)=O)cc1OCC. The summed E-state index contributed by atoms with van der Waals surface area (Å²) in [5, 5.41) is 3.67. The predicted octanol–water partition coefficient (Wildman–Crippen LogP) is 1.42. The van der Waals surface area contributed by atoms with E-state index in [0.29, 0.717) is 23.7 Å². The Morgan fingerprint density at radius 3 is 2.65 bits per heavy atom. The number of ether oxygens (including phenoxy) is 3. The molecule has 2 amide bonds. The number of nitrogens with zero attached hydrogens (tertiary/aromatic N) is 1. The summed E-state index contributed by atoms with van der Waals surface area (Å²) in [5.74, 6) is 0.408. The molecule has 0 saturated carbocycles. The highest BCUT2D eigenvalue weighted by molar-refractivity contribution is 5.82. The molecule has 0 aliphatic heterocycles. The highest BCUT2D eigenvalue weighted by Gasteiger charge is 2.18. The Kier molecular flexibility index (Phi) is 7.38. The summed E-state index contributed by atoms with van der Waals surface area (Å²) >= 11 is 0. The van der Waals surface area contributed by atoms with Gasteiger partial charge in [-0.1, -0.05) is 0 Å². The van der Waals surface area contributed by atoms with E-state index in [2.05, 4.69) is 10.5 Å². The molecule has 0 aliphatic carbocycles. The van der Waals surface area contributed by atoms with Crippen LogP contribution >= 0.6 is 0 Å². The maximum Gasteiger partial charge on any atom is 0.347 e. The van der Waals surface area contributed by atoms with E-state index in [1.165, 1.54) is 6.21 Å². The minimum Gasteiger partial charge on any atom is -0.490 e. The molecule has 0 saturated heterocycles. The summed E-state index contributed by atoms with van der Waals surface area (Å²) in [6.45, 7) is 5.86. The highest BCUT2D eigenvalue weighted by Crippen LogP contribution is 2.29. The van der Waals surface area contributed by atoms with Gasteiger partial charge in [0.25, 0.3) is 0 Å². The first-order valence-corrected chi connectivity index (χ1v) is 7.16. The van der Waals surface area contributed by atoms with Gasteiger partial charge in [0.1, 0.15) is 0 Å². The molecule has 0 aliphatic rings. The number of rotatable bonds is 8. The number of carbonyl (C=O) groups excluding carboxylic acids is 2. The largest absolute Gasteiger partial charge is 0.490 e. The molecule has 0 radical (unpaired) electrons. The number of primary amides is 1. The number of nitrogens with two attached hydrogens (primary N) is 1. The van der Waals surface area contributed by atoms with Gasteiger partial charge in [-0.25, -0.2) is 15.0 Å². The van der Waals surface area contributed by atoms with Gasteiger partial charge < -0.3 is 19.9 Å². The molecule has 1 unspecified atom stereocenters. The lowest BCUT2D eigenvalue weighted by atomic mass is 10.2. The minimum atomic E-state index is -0.759. The number of urea groups is 1. The predicted molar refractivity (Wildman–Crippen MR) is 84.6 cm³/mol. The zero-order valence-corrected chi connectivity index (χ0v) is 13.4. The van der Waals surface area contributed by atoms with Crippen LogP contribution in [0.1, 0.15) is 26.3 Å². The summed E-state index contributed by atoms with van der Waals surface area (Å²) in [5.41, 5.74) is 7.68. The topological polar surface area (TPSA) is 112 Å². The van der Waals surface area contributed by atoms with Crippen LogP contribution in [0, 0.1) is 0 Å². The van der Waals surface area contributed by atoms with Gasteiger partial charge in [0.05, 0.1) is 19.4 Å². The number of amides is 2. The first-order chi connectivity index (χ1) is 11.0. The van der Waals surface area contributed by atoms with E-state index in [4.69, 9.17) is 19.9 Å². The Labute approximate surface area is 134 Å². The third-order valence-electron chi connectivity index (χ3n) is 2.58. The molecule has 126 valence electrons. The van der Waals surface area contributed by atoms with Crippen molar-refractivity contribution in [1.29, 1.82) is 0 Å². The number of benzene rings is 1. The molecule has 0 spiro atoms. The van der Waals surface area contributed by atoms with Gasteiger partial charge in [0.15, 0.2) is 17.6 Å². The number of carbonyl (C=O) groups is 2. The number of esters is 1. The summed E-state index contributed by atoms with van der Waals surface area (Å²) in [7, 11) is 0. The fraction of sp³-hybridized carbons (Fsp3) is 0.400. The number of nitrogens with one attached hydrogen (secondary N) is 1. The standard InChI is InChI=1S/C15H21N3O5/c1-4-21-13-8-11(9-17-18-15(16)20)6-7-12(13)23-10(3)14(19)22-5-2/h6-10H,4-5H2,1-3H3,(H3,16,18,20). The van der Waals surface area contributed by atoms with Crippen LogP contribution < -0.4 is 20.6 Å². The summed E-state index contributed by atoms with van der Waals surface area (Å²) in [4.78, 5) is 22.2. The molecule has 1 atom stereocenters. The van der Waals surface area contributed by atoms with Crippen molar-refractivity contribution < 1.29 is 23.8 Å². The molecule has 1 aromatic carbocycles.